The summed E-state index contributed by atoms with van der Waals surface area (Å²) in [5, 5.41) is 1.91. The number of hydrogen-bond donors (Lipinski definition) is 2. The maximum Gasteiger partial charge on any atom is 0.131 e. The van der Waals surface area contributed by atoms with Gasteiger partial charge in [-0.2, -0.15) is 0 Å². The van der Waals surface area contributed by atoms with Crippen LogP contribution in [0.4, 0.5) is 0 Å². The van der Waals surface area contributed by atoms with Crippen LogP contribution >= 0.6 is 11.6 Å². The number of para-hydroxylation sites is 1. The number of fused-ring (bicyclic) bond motifs is 1. The highest BCUT2D eigenvalue weighted by molar-refractivity contribution is 6.36. The molecule has 0 fully saturated rings. The van der Waals surface area contributed by atoms with E-state index in [-0.39, 0.29) is 0 Å². The Balaban J connectivity index is 2.27. The van der Waals surface area contributed by atoms with Crippen molar-refractivity contribution in [2.75, 3.05) is 13.7 Å². The first kappa shape index (κ1) is 17.8. The van der Waals surface area contributed by atoms with Crippen LogP contribution in [0.25, 0.3) is 22.2 Å². The summed E-state index contributed by atoms with van der Waals surface area (Å²) in [6.45, 7) is 4.88. The number of benzene rings is 2. The van der Waals surface area contributed by atoms with Crippen LogP contribution in [0.5, 0.6) is 5.75 Å². The lowest BCUT2D eigenvalue weighted by Gasteiger charge is -2.12. The zero-order valence-electron chi connectivity index (χ0n) is 15.1. The lowest BCUT2D eigenvalue weighted by Crippen LogP contribution is -2.00. The first-order chi connectivity index (χ1) is 12.1. The Hall–Kier alpha value is -1.97. The molecule has 2 aromatic carbocycles. The van der Waals surface area contributed by atoms with E-state index in [9.17, 15) is 0 Å². The van der Waals surface area contributed by atoms with Crippen LogP contribution in [-0.4, -0.2) is 18.6 Å². The molecule has 25 heavy (non-hydrogen) atoms. The van der Waals surface area contributed by atoms with Gasteiger partial charge >= 0.3 is 0 Å². The Morgan fingerprint density at radius 1 is 1.08 bits per heavy atom. The third-order valence-electron chi connectivity index (χ3n) is 4.78. The topological polar surface area (TPSA) is 51.0 Å². The largest absolute Gasteiger partial charge is 0.496 e. The number of rotatable bonds is 6. The molecule has 0 atom stereocenters. The van der Waals surface area contributed by atoms with Gasteiger partial charge in [-0.25, -0.2) is 0 Å². The van der Waals surface area contributed by atoms with Crippen molar-refractivity contribution < 1.29 is 4.74 Å². The molecule has 0 aliphatic carbocycles. The lowest BCUT2D eigenvalue weighted by atomic mass is 9.98. The van der Waals surface area contributed by atoms with Crippen molar-refractivity contribution in [3.63, 3.8) is 0 Å². The van der Waals surface area contributed by atoms with Gasteiger partial charge in [-0.05, 0) is 68.5 Å². The van der Waals surface area contributed by atoms with Crippen LogP contribution in [0.3, 0.4) is 0 Å². The molecule has 0 spiro atoms. The van der Waals surface area contributed by atoms with Gasteiger partial charge in [-0.15, -0.1) is 0 Å². The number of nitrogens with two attached hydrogens (primary N) is 1. The van der Waals surface area contributed by atoms with Crippen molar-refractivity contribution >= 4 is 22.5 Å². The fourth-order valence-electron chi connectivity index (χ4n) is 3.51. The van der Waals surface area contributed by atoms with E-state index < -0.39 is 0 Å². The molecule has 3 nitrogen and oxygen atoms in total. The van der Waals surface area contributed by atoms with Gasteiger partial charge in [-0.3, -0.25) is 0 Å². The maximum atomic E-state index is 6.58. The zero-order chi connectivity index (χ0) is 18.0. The van der Waals surface area contributed by atoms with Crippen molar-refractivity contribution in [2.24, 2.45) is 5.73 Å². The van der Waals surface area contributed by atoms with Crippen molar-refractivity contribution in [3.8, 4) is 17.0 Å². The van der Waals surface area contributed by atoms with Gasteiger partial charge in [0, 0.05) is 10.9 Å². The standard InChI is InChI=1S/C21H25ClN2O/c1-13-10-11-17(22)18-15(8-4-5-12-23)20(24-19(13)18)16-9-6-7-14(2)21(16)25-3/h6-7,9-11,24H,4-5,8,12,23H2,1-3H3. The van der Waals surface area contributed by atoms with Crippen LogP contribution in [0.15, 0.2) is 30.3 Å². The molecule has 0 radical (unpaired) electrons. The summed E-state index contributed by atoms with van der Waals surface area (Å²) in [5.74, 6) is 0.905. The van der Waals surface area contributed by atoms with Gasteiger partial charge in [0.1, 0.15) is 5.75 Å². The minimum absolute atomic E-state index is 0.707. The smallest absolute Gasteiger partial charge is 0.131 e. The maximum absolute atomic E-state index is 6.58. The molecular formula is C21H25ClN2O. The first-order valence-corrected chi connectivity index (χ1v) is 9.10. The number of aryl methyl sites for hydroxylation is 3. The van der Waals surface area contributed by atoms with Crippen molar-refractivity contribution in [1.29, 1.82) is 0 Å². The summed E-state index contributed by atoms with van der Waals surface area (Å²) in [5.41, 5.74) is 12.5. The molecule has 0 saturated carbocycles. The number of unbranched alkanes of at least 4 members (excludes halogenated alkanes) is 1. The minimum Gasteiger partial charge on any atom is -0.496 e. The number of methoxy groups -OCH3 is 1. The Labute approximate surface area is 154 Å². The predicted molar refractivity (Wildman–Crippen MR) is 107 cm³/mol. The third kappa shape index (κ3) is 3.26. The Kier molecular flexibility index (Phi) is 5.36. The van der Waals surface area contributed by atoms with Crippen molar-refractivity contribution in [3.05, 3.63) is 52.0 Å². The Bertz CT molecular complexity index is 899. The fourth-order valence-corrected chi connectivity index (χ4v) is 3.78. The minimum atomic E-state index is 0.707. The van der Waals surface area contributed by atoms with E-state index in [2.05, 4.69) is 43.1 Å². The molecule has 0 aliphatic heterocycles. The van der Waals surface area contributed by atoms with Crippen molar-refractivity contribution in [2.45, 2.75) is 33.1 Å². The fraction of sp³-hybridized carbons (Fsp3) is 0.333. The molecule has 4 heteroatoms. The molecule has 0 unspecified atom stereocenters. The van der Waals surface area contributed by atoms with Crippen LogP contribution in [-0.2, 0) is 6.42 Å². The lowest BCUT2D eigenvalue weighted by molar-refractivity contribution is 0.413. The predicted octanol–water partition coefficient (Wildman–Crippen LogP) is 5.40. The van der Waals surface area contributed by atoms with Crippen molar-refractivity contribution in [1.82, 2.24) is 4.98 Å². The zero-order valence-corrected chi connectivity index (χ0v) is 15.8. The quantitative estimate of drug-likeness (QED) is 0.581. The molecular weight excluding hydrogens is 332 g/mol. The summed E-state index contributed by atoms with van der Waals surface area (Å²) >= 11 is 6.58. The number of halogens is 1. The molecule has 1 aromatic heterocycles. The van der Waals surface area contributed by atoms with Gasteiger partial charge in [0.2, 0.25) is 0 Å². The van der Waals surface area contributed by atoms with E-state index in [1.54, 1.807) is 7.11 Å². The first-order valence-electron chi connectivity index (χ1n) is 8.72. The summed E-state index contributed by atoms with van der Waals surface area (Å²) in [6, 6.07) is 10.3. The second-order valence-corrected chi connectivity index (χ2v) is 6.90. The van der Waals surface area contributed by atoms with Gasteiger partial charge < -0.3 is 15.5 Å². The van der Waals surface area contributed by atoms with E-state index in [1.807, 2.05) is 6.07 Å². The number of aromatic amines is 1. The molecule has 3 aromatic rings. The van der Waals surface area contributed by atoms with E-state index >= 15 is 0 Å². The van der Waals surface area contributed by atoms with Gasteiger partial charge in [0.05, 0.1) is 23.3 Å². The average Bonchev–Trinajstić information content (AvgIpc) is 2.99. The number of hydrogen-bond acceptors (Lipinski definition) is 2. The second-order valence-electron chi connectivity index (χ2n) is 6.49. The molecule has 3 N–H and O–H groups in total. The summed E-state index contributed by atoms with van der Waals surface area (Å²) < 4.78 is 5.69. The van der Waals surface area contributed by atoms with E-state index in [1.165, 1.54) is 11.1 Å². The van der Waals surface area contributed by atoms with Crippen LogP contribution in [0.2, 0.25) is 5.02 Å². The van der Waals surface area contributed by atoms with Gasteiger partial charge in [0.15, 0.2) is 0 Å². The van der Waals surface area contributed by atoms with E-state index in [4.69, 9.17) is 22.1 Å². The molecule has 0 aliphatic rings. The summed E-state index contributed by atoms with van der Waals surface area (Å²) in [4.78, 5) is 3.62. The van der Waals surface area contributed by atoms with E-state index in [0.29, 0.717) is 6.54 Å². The van der Waals surface area contributed by atoms with Crippen LogP contribution < -0.4 is 10.5 Å². The highest BCUT2D eigenvalue weighted by atomic mass is 35.5. The van der Waals surface area contributed by atoms with E-state index in [0.717, 1.165) is 57.8 Å². The molecule has 132 valence electrons. The average molecular weight is 357 g/mol. The SMILES string of the molecule is COc1c(C)cccc1-c1[nH]c2c(C)ccc(Cl)c2c1CCCCN. The molecule has 1 heterocycles. The highest BCUT2D eigenvalue weighted by Gasteiger charge is 2.19. The second kappa shape index (κ2) is 7.51. The third-order valence-corrected chi connectivity index (χ3v) is 5.10. The summed E-state index contributed by atoms with van der Waals surface area (Å²) in [6.07, 6.45) is 2.97. The monoisotopic (exact) mass is 356 g/mol. The number of nitrogens with one attached hydrogen (secondary N) is 1. The van der Waals surface area contributed by atoms with Gasteiger partial charge in [0.25, 0.3) is 0 Å². The van der Waals surface area contributed by atoms with Crippen LogP contribution in [0.1, 0.15) is 29.5 Å². The molecule has 0 amide bonds. The molecule has 0 saturated heterocycles. The molecule has 0 bridgehead atoms. The Morgan fingerprint density at radius 3 is 2.60 bits per heavy atom. The highest BCUT2D eigenvalue weighted by Crippen LogP contribution is 2.41. The van der Waals surface area contributed by atoms with Crippen LogP contribution in [0, 0.1) is 13.8 Å². The molecule has 3 rings (SSSR count). The number of aromatic nitrogens is 1. The number of H-pyrrole nitrogens is 1. The van der Waals surface area contributed by atoms with Gasteiger partial charge in [-0.1, -0.05) is 29.8 Å². The Morgan fingerprint density at radius 2 is 1.88 bits per heavy atom. The normalized spacial score (nSPS) is 11.2. The number of ether oxygens (including phenoxy) is 1. The summed E-state index contributed by atoms with van der Waals surface area (Å²) in [7, 11) is 1.72.